The van der Waals surface area contributed by atoms with Gasteiger partial charge in [-0.2, -0.15) is 0 Å². The van der Waals surface area contributed by atoms with Crippen LogP contribution in [-0.4, -0.2) is 44.8 Å². The number of anilines is 1. The molecule has 4 aromatic rings. The molecule has 0 aliphatic rings. The predicted octanol–water partition coefficient (Wildman–Crippen LogP) is 6.54. The van der Waals surface area contributed by atoms with Crippen molar-refractivity contribution >= 4 is 62.3 Å². The van der Waals surface area contributed by atoms with E-state index in [1.807, 2.05) is 37.3 Å². The van der Waals surface area contributed by atoms with E-state index in [4.69, 9.17) is 34.8 Å². The summed E-state index contributed by atoms with van der Waals surface area (Å²) in [6.07, 6.45) is 0.175. The average Bonchev–Trinajstić information content (AvgIpc) is 2.99. The lowest BCUT2D eigenvalue weighted by atomic mass is 10.0. The van der Waals surface area contributed by atoms with Gasteiger partial charge in [0.2, 0.25) is 11.8 Å². The van der Waals surface area contributed by atoms with Crippen LogP contribution in [0.2, 0.25) is 15.1 Å². The minimum Gasteiger partial charge on any atom is -0.357 e. The normalized spacial score (nSPS) is 11.9. The molecular weight excluding hydrogens is 629 g/mol. The third kappa shape index (κ3) is 7.89. The van der Waals surface area contributed by atoms with Gasteiger partial charge >= 0.3 is 0 Å². The molecule has 0 bridgehead atoms. The molecule has 1 atom stereocenters. The topological polar surface area (TPSA) is 86.8 Å². The van der Waals surface area contributed by atoms with Gasteiger partial charge in [0.25, 0.3) is 10.0 Å². The number of amides is 2. The van der Waals surface area contributed by atoms with Crippen LogP contribution in [0, 0.1) is 6.92 Å². The second-order valence-corrected chi connectivity index (χ2v) is 13.0. The zero-order chi connectivity index (χ0) is 31.1. The Morgan fingerprint density at radius 2 is 1.49 bits per heavy atom. The van der Waals surface area contributed by atoms with Crippen molar-refractivity contribution in [3.05, 3.63) is 129 Å². The lowest BCUT2D eigenvalue weighted by Crippen LogP contribution is -2.53. The van der Waals surface area contributed by atoms with Gasteiger partial charge in [0, 0.05) is 30.1 Å². The Morgan fingerprint density at radius 3 is 2.12 bits per heavy atom. The lowest BCUT2D eigenvalue weighted by Gasteiger charge is -2.34. The number of carbonyl (C=O) groups excluding carboxylic acids is 2. The lowest BCUT2D eigenvalue weighted by molar-refractivity contribution is -0.139. The monoisotopic (exact) mass is 657 g/mol. The summed E-state index contributed by atoms with van der Waals surface area (Å²) in [5, 5.41) is 3.50. The first-order valence-electron chi connectivity index (χ1n) is 13.3. The Balaban J connectivity index is 1.81. The van der Waals surface area contributed by atoms with Crippen LogP contribution in [0.1, 0.15) is 16.7 Å². The summed E-state index contributed by atoms with van der Waals surface area (Å²) in [7, 11) is -2.78. The highest BCUT2D eigenvalue weighted by Gasteiger charge is 2.35. The van der Waals surface area contributed by atoms with Crippen molar-refractivity contribution < 1.29 is 18.0 Å². The van der Waals surface area contributed by atoms with Gasteiger partial charge in [-0.1, -0.05) is 101 Å². The summed E-state index contributed by atoms with van der Waals surface area (Å²) in [5.74, 6) is -1.06. The van der Waals surface area contributed by atoms with Crippen molar-refractivity contribution in [1.82, 2.24) is 10.2 Å². The summed E-state index contributed by atoms with van der Waals surface area (Å²) in [4.78, 5) is 29.0. The quantitative estimate of drug-likeness (QED) is 0.198. The highest BCUT2D eigenvalue weighted by atomic mass is 35.5. The maximum Gasteiger partial charge on any atom is 0.264 e. The summed E-state index contributed by atoms with van der Waals surface area (Å²) in [5.41, 5.74) is 2.35. The molecule has 224 valence electrons. The Bertz CT molecular complexity index is 1700. The Hall–Kier alpha value is -3.56. The molecule has 11 heteroatoms. The maximum absolute atomic E-state index is 14.3. The van der Waals surface area contributed by atoms with Crippen LogP contribution in [0.25, 0.3) is 0 Å². The number of hydrogen-bond acceptors (Lipinski definition) is 4. The molecule has 0 fully saturated rings. The van der Waals surface area contributed by atoms with Crippen molar-refractivity contribution in [3.63, 3.8) is 0 Å². The number of hydrogen-bond donors (Lipinski definition) is 1. The van der Waals surface area contributed by atoms with E-state index in [1.54, 1.807) is 48.5 Å². The fourth-order valence-electron chi connectivity index (χ4n) is 4.56. The molecule has 0 aromatic heterocycles. The molecule has 4 rings (SSSR count). The minimum absolute atomic E-state index is 0.00903. The molecule has 0 aliphatic heterocycles. The summed E-state index contributed by atoms with van der Waals surface area (Å²) in [6.45, 7) is 1.13. The van der Waals surface area contributed by atoms with Crippen molar-refractivity contribution in [2.75, 3.05) is 17.9 Å². The molecule has 0 heterocycles. The number of benzene rings is 4. The molecule has 2 amide bonds. The number of aryl methyl sites for hydroxylation is 1. The van der Waals surface area contributed by atoms with Crippen LogP contribution in [0.5, 0.6) is 0 Å². The van der Waals surface area contributed by atoms with Crippen molar-refractivity contribution in [3.8, 4) is 0 Å². The van der Waals surface area contributed by atoms with Crippen LogP contribution in [0.4, 0.5) is 5.69 Å². The molecule has 43 heavy (non-hydrogen) atoms. The zero-order valence-electron chi connectivity index (χ0n) is 23.5. The van der Waals surface area contributed by atoms with Crippen LogP contribution in [0.3, 0.4) is 0 Å². The highest BCUT2D eigenvalue weighted by molar-refractivity contribution is 7.92. The molecule has 0 spiro atoms. The predicted molar refractivity (Wildman–Crippen MR) is 172 cm³/mol. The first-order chi connectivity index (χ1) is 20.5. The molecular formula is C32H30Cl3N3O4S. The Kier molecular flexibility index (Phi) is 10.7. The fourth-order valence-corrected chi connectivity index (χ4v) is 6.75. The standard InChI is InChI=1S/C32H30Cl3N3O4S/c1-22-12-16-26(17-13-22)43(41,42)38(29-11-7-6-10-27(29)34)21-31(39)37(20-24-14-15-25(33)19-28(24)35)30(32(40)36-2)18-23-8-4-3-5-9-23/h3-17,19,30H,18,20-21H2,1-2H3,(H,36,40). The summed E-state index contributed by atoms with van der Waals surface area (Å²) < 4.78 is 29.0. The van der Waals surface area contributed by atoms with Gasteiger partial charge in [-0.25, -0.2) is 8.42 Å². The van der Waals surface area contributed by atoms with E-state index in [9.17, 15) is 18.0 Å². The van der Waals surface area contributed by atoms with Gasteiger partial charge in [0.1, 0.15) is 12.6 Å². The molecule has 0 radical (unpaired) electrons. The third-order valence-corrected chi connectivity index (χ3v) is 9.56. The maximum atomic E-state index is 14.3. The number of carbonyl (C=O) groups is 2. The molecule has 1 N–H and O–H groups in total. The van der Waals surface area contributed by atoms with Crippen LogP contribution in [-0.2, 0) is 32.6 Å². The van der Waals surface area contributed by atoms with E-state index >= 15 is 0 Å². The first kappa shape index (κ1) is 32.4. The van der Waals surface area contributed by atoms with Crippen LogP contribution < -0.4 is 9.62 Å². The van der Waals surface area contributed by atoms with Gasteiger partial charge in [-0.3, -0.25) is 13.9 Å². The average molecular weight is 659 g/mol. The number of nitrogens with zero attached hydrogens (tertiary/aromatic N) is 2. The van der Waals surface area contributed by atoms with E-state index in [1.165, 1.54) is 30.1 Å². The third-order valence-electron chi connectivity index (χ3n) is 6.88. The fraction of sp³-hybridized carbons (Fsp3) is 0.188. The first-order valence-corrected chi connectivity index (χ1v) is 15.9. The number of nitrogens with one attached hydrogen (secondary N) is 1. The largest absolute Gasteiger partial charge is 0.357 e. The smallest absolute Gasteiger partial charge is 0.264 e. The minimum atomic E-state index is -4.26. The molecule has 4 aromatic carbocycles. The molecule has 0 aliphatic carbocycles. The van der Waals surface area contributed by atoms with E-state index in [2.05, 4.69) is 5.32 Å². The zero-order valence-corrected chi connectivity index (χ0v) is 26.6. The van der Waals surface area contributed by atoms with Gasteiger partial charge in [-0.15, -0.1) is 0 Å². The van der Waals surface area contributed by atoms with Gasteiger partial charge in [-0.05, 0) is 54.4 Å². The molecule has 1 unspecified atom stereocenters. The second-order valence-electron chi connectivity index (χ2n) is 9.85. The molecule has 7 nitrogen and oxygen atoms in total. The van der Waals surface area contributed by atoms with E-state index < -0.39 is 34.4 Å². The van der Waals surface area contributed by atoms with Crippen LogP contribution in [0.15, 0.2) is 102 Å². The number of sulfonamides is 1. The van der Waals surface area contributed by atoms with E-state index in [0.717, 1.165) is 15.4 Å². The highest BCUT2D eigenvalue weighted by Crippen LogP contribution is 2.31. The Labute approximate surface area is 267 Å². The Morgan fingerprint density at radius 1 is 0.837 bits per heavy atom. The van der Waals surface area contributed by atoms with Gasteiger partial charge in [0.05, 0.1) is 15.6 Å². The van der Waals surface area contributed by atoms with Crippen LogP contribution >= 0.6 is 34.8 Å². The number of likely N-dealkylation sites (N-methyl/N-ethyl adjacent to an activating group) is 1. The van der Waals surface area contributed by atoms with Gasteiger partial charge < -0.3 is 10.2 Å². The molecule has 0 saturated heterocycles. The number of rotatable bonds is 11. The SMILES string of the molecule is CNC(=O)C(Cc1ccccc1)N(Cc1ccc(Cl)cc1Cl)C(=O)CN(c1ccccc1Cl)S(=O)(=O)c1ccc(C)cc1. The number of halogens is 3. The van der Waals surface area contributed by atoms with Gasteiger partial charge in [0.15, 0.2) is 0 Å². The van der Waals surface area contributed by atoms with E-state index in [0.29, 0.717) is 15.6 Å². The summed E-state index contributed by atoms with van der Waals surface area (Å²) >= 11 is 19.1. The summed E-state index contributed by atoms with van der Waals surface area (Å²) in [6, 6.07) is 25.8. The number of para-hydroxylation sites is 1. The second kappa shape index (κ2) is 14.3. The van der Waals surface area contributed by atoms with Crippen molar-refractivity contribution in [2.45, 2.75) is 30.8 Å². The van der Waals surface area contributed by atoms with E-state index in [-0.39, 0.29) is 28.6 Å². The molecule has 0 saturated carbocycles. The van der Waals surface area contributed by atoms with Crippen molar-refractivity contribution in [2.24, 2.45) is 0 Å². The van der Waals surface area contributed by atoms with Crippen molar-refractivity contribution in [1.29, 1.82) is 0 Å².